The van der Waals surface area contributed by atoms with Gasteiger partial charge in [-0.2, -0.15) is 0 Å². The minimum atomic E-state index is -0.723. The fraction of sp³-hybridized carbons (Fsp3) is 0.148. The molecule has 30 heavy (non-hydrogen) atoms. The molecule has 2 nitrogen and oxygen atoms in total. The van der Waals surface area contributed by atoms with E-state index >= 15 is 0 Å². The minimum absolute atomic E-state index is 0.723. The van der Waals surface area contributed by atoms with Crippen molar-refractivity contribution in [1.82, 2.24) is 5.09 Å². The molecule has 1 N–H and O–H groups in total. The predicted molar refractivity (Wildman–Crippen MR) is 131 cm³/mol. The third-order valence-electron chi connectivity index (χ3n) is 5.22. The Hall–Kier alpha value is -2.96. The molecule has 0 saturated heterocycles. The number of rotatable bonds is 5. The van der Waals surface area contributed by atoms with Gasteiger partial charge in [0.15, 0.2) is 0 Å². The van der Waals surface area contributed by atoms with E-state index in [4.69, 9.17) is 4.99 Å². The number of para-hydroxylation sites is 1. The van der Waals surface area contributed by atoms with E-state index in [2.05, 4.69) is 116 Å². The van der Waals surface area contributed by atoms with Crippen LogP contribution >= 0.6 is 8.07 Å². The maximum Gasteiger partial charge on any atom is 0.137 e. The summed E-state index contributed by atoms with van der Waals surface area (Å²) in [7, 11) is -0.723. The third kappa shape index (κ3) is 4.78. The summed E-state index contributed by atoms with van der Waals surface area (Å²) < 4.78 is 0. The lowest BCUT2D eigenvalue weighted by molar-refractivity contribution is 1.01. The fourth-order valence-corrected chi connectivity index (χ4v) is 5.66. The molecule has 0 aliphatic heterocycles. The lowest BCUT2D eigenvalue weighted by Crippen LogP contribution is -2.25. The highest BCUT2D eigenvalue weighted by atomic mass is 31.1. The van der Waals surface area contributed by atoms with Gasteiger partial charge in [0, 0.05) is 13.6 Å². The van der Waals surface area contributed by atoms with Crippen molar-refractivity contribution < 1.29 is 0 Å². The first-order valence-electron chi connectivity index (χ1n) is 10.4. The van der Waals surface area contributed by atoms with Crippen LogP contribution in [-0.4, -0.2) is 5.84 Å². The number of hydrogen-bond donors (Lipinski definition) is 1. The standard InChI is InChI=1S/C27H27N2P/c1-21-13-12-14-22(2)26(21)28-27(23-15-6-3-7-16-23)29-30(24-17-8-4-9-18-24)25-19-10-5-11-20-25/h3-10,12-19H,11,20H2,1-2H3,(H,28,29). The largest absolute Gasteiger partial charge is 0.341 e. The maximum atomic E-state index is 5.16. The second kappa shape index (κ2) is 9.69. The van der Waals surface area contributed by atoms with Crippen molar-refractivity contribution in [3.8, 4) is 0 Å². The van der Waals surface area contributed by atoms with Crippen molar-refractivity contribution >= 4 is 24.9 Å². The molecule has 3 aromatic carbocycles. The van der Waals surface area contributed by atoms with Gasteiger partial charge in [0.2, 0.25) is 0 Å². The molecule has 0 radical (unpaired) electrons. The van der Waals surface area contributed by atoms with Crippen LogP contribution in [-0.2, 0) is 0 Å². The van der Waals surface area contributed by atoms with E-state index in [9.17, 15) is 0 Å². The molecular weight excluding hydrogens is 383 g/mol. The van der Waals surface area contributed by atoms with E-state index in [0.717, 1.165) is 29.9 Å². The van der Waals surface area contributed by atoms with E-state index in [1.54, 1.807) is 0 Å². The molecule has 1 aliphatic rings. The molecule has 0 spiro atoms. The summed E-state index contributed by atoms with van der Waals surface area (Å²) in [5.74, 6) is 0.929. The predicted octanol–water partition coefficient (Wildman–Crippen LogP) is 6.93. The zero-order valence-electron chi connectivity index (χ0n) is 17.5. The lowest BCUT2D eigenvalue weighted by Gasteiger charge is -2.25. The zero-order chi connectivity index (χ0) is 20.8. The number of benzene rings is 3. The molecule has 0 heterocycles. The summed E-state index contributed by atoms with van der Waals surface area (Å²) in [6.45, 7) is 4.26. The molecule has 1 aliphatic carbocycles. The van der Waals surface area contributed by atoms with Gasteiger partial charge in [-0.05, 0) is 48.4 Å². The number of aryl methyl sites for hydroxylation is 2. The van der Waals surface area contributed by atoms with Crippen LogP contribution < -0.4 is 10.4 Å². The summed E-state index contributed by atoms with van der Waals surface area (Å²) >= 11 is 0. The van der Waals surface area contributed by atoms with Gasteiger partial charge in [-0.25, -0.2) is 4.99 Å². The smallest absolute Gasteiger partial charge is 0.137 e. The molecule has 150 valence electrons. The zero-order valence-corrected chi connectivity index (χ0v) is 18.4. The Morgan fingerprint density at radius 3 is 2.13 bits per heavy atom. The Morgan fingerprint density at radius 1 is 0.833 bits per heavy atom. The highest BCUT2D eigenvalue weighted by Gasteiger charge is 2.20. The SMILES string of the molecule is Cc1cccc(C)c1N=C(NP(C1=CC=CCC1)c1ccccc1)c1ccccc1. The average molecular weight is 411 g/mol. The van der Waals surface area contributed by atoms with Crippen molar-refractivity contribution in [2.45, 2.75) is 26.7 Å². The number of nitrogens with zero attached hydrogens (tertiary/aromatic N) is 1. The first-order valence-corrected chi connectivity index (χ1v) is 11.7. The van der Waals surface area contributed by atoms with Crippen LogP contribution in [0.5, 0.6) is 0 Å². The highest BCUT2D eigenvalue weighted by Crippen LogP contribution is 2.44. The molecule has 0 saturated carbocycles. The average Bonchev–Trinajstić information content (AvgIpc) is 2.80. The molecule has 0 bridgehead atoms. The van der Waals surface area contributed by atoms with Gasteiger partial charge >= 0.3 is 0 Å². The number of hydrogen-bond acceptors (Lipinski definition) is 1. The summed E-state index contributed by atoms with van der Waals surface area (Å²) in [6, 6.07) is 27.6. The number of nitrogens with one attached hydrogen (secondary N) is 1. The summed E-state index contributed by atoms with van der Waals surface area (Å²) in [6.07, 6.45) is 8.87. The Kier molecular flexibility index (Phi) is 6.57. The molecular formula is C27H27N2P. The molecule has 4 rings (SSSR count). The van der Waals surface area contributed by atoms with Crippen molar-refractivity contribution in [3.63, 3.8) is 0 Å². The Bertz CT molecular complexity index is 1060. The third-order valence-corrected chi connectivity index (χ3v) is 7.42. The van der Waals surface area contributed by atoms with E-state index in [0.29, 0.717) is 0 Å². The quantitative estimate of drug-likeness (QED) is 0.275. The molecule has 1 atom stereocenters. The van der Waals surface area contributed by atoms with Crippen LogP contribution in [0.3, 0.4) is 0 Å². The van der Waals surface area contributed by atoms with E-state index in [1.165, 1.54) is 21.7 Å². The van der Waals surface area contributed by atoms with Crippen molar-refractivity contribution in [2.24, 2.45) is 4.99 Å². The first kappa shape index (κ1) is 20.3. The van der Waals surface area contributed by atoms with Gasteiger partial charge in [-0.3, -0.25) is 0 Å². The number of aliphatic imine (C=N–C) groups is 1. The topological polar surface area (TPSA) is 24.4 Å². The van der Waals surface area contributed by atoms with Gasteiger partial charge < -0.3 is 5.09 Å². The molecule has 3 aromatic rings. The Labute approximate surface area is 180 Å². The van der Waals surface area contributed by atoms with Crippen LogP contribution in [0.2, 0.25) is 0 Å². The second-order valence-corrected chi connectivity index (χ2v) is 9.46. The minimum Gasteiger partial charge on any atom is -0.341 e. The van der Waals surface area contributed by atoms with Gasteiger partial charge in [-0.15, -0.1) is 0 Å². The first-order chi connectivity index (χ1) is 14.7. The molecule has 0 amide bonds. The summed E-state index contributed by atoms with van der Waals surface area (Å²) in [4.78, 5) is 5.16. The van der Waals surface area contributed by atoms with Crippen molar-refractivity contribution in [3.05, 3.63) is 119 Å². The van der Waals surface area contributed by atoms with Gasteiger partial charge in [0.1, 0.15) is 5.84 Å². The second-order valence-electron chi connectivity index (χ2n) is 7.47. The number of allylic oxidation sites excluding steroid dienone is 4. The lowest BCUT2D eigenvalue weighted by atomic mass is 10.1. The Morgan fingerprint density at radius 2 is 1.50 bits per heavy atom. The number of amidine groups is 1. The van der Waals surface area contributed by atoms with E-state index in [1.807, 2.05) is 0 Å². The van der Waals surface area contributed by atoms with Crippen molar-refractivity contribution in [1.29, 1.82) is 0 Å². The van der Waals surface area contributed by atoms with Crippen LogP contribution in [0, 0.1) is 13.8 Å². The normalized spacial score (nSPS) is 14.9. The molecule has 1 unspecified atom stereocenters. The van der Waals surface area contributed by atoms with Crippen LogP contribution in [0.4, 0.5) is 5.69 Å². The molecule has 0 aromatic heterocycles. The van der Waals surface area contributed by atoms with Crippen molar-refractivity contribution in [2.75, 3.05) is 0 Å². The maximum absolute atomic E-state index is 5.16. The molecule has 0 fully saturated rings. The van der Waals surface area contributed by atoms with Crippen LogP contribution in [0.1, 0.15) is 29.5 Å². The Balaban J connectivity index is 1.81. The van der Waals surface area contributed by atoms with Crippen LogP contribution in [0.25, 0.3) is 0 Å². The van der Waals surface area contributed by atoms with Gasteiger partial charge in [-0.1, -0.05) is 97.1 Å². The summed E-state index contributed by atoms with van der Waals surface area (Å²) in [5, 5.41) is 6.64. The monoisotopic (exact) mass is 410 g/mol. The molecule has 3 heteroatoms. The van der Waals surface area contributed by atoms with E-state index in [-0.39, 0.29) is 0 Å². The fourth-order valence-electron chi connectivity index (χ4n) is 3.61. The summed E-state index contributed by atoms with van der Waals surface area (Å²) in [5.41, 5.74) is 4.53. The van der Waals surface area contributed by atoms with Gasteiger partial charge in [0.05, 0.1) is 5.69 Å². The van der Waals surface area contributed by atoms with Gasteiger partial charge in [0.25, 0.3) is 0 Å². The van der Waals surface area contributed by atoms with Crippen LogP contribution in [0.15, 0.2) is 107 Å². The highest BCUT2D eigenvalue weighted by molar-refractivity contribution is 7.68. The van der Waals surface area contributed by atoms with E-state index < -0.39 is 8.07 Å².